The van der Waals surface area contributed by atoms with Crippen LogP contribution in [0.15, 0.2) is 0 Å². The Labute approximate surface area is 227 Å². The van der Waals surface area contributed by atoms with Crippen molar-refractivity contribution in [3.05, 3.63) is 0 Å². The first kappa shape index (κ1) is 42.0. The number of phosphoric acid groups is 1. The van der Waals surface area contributed by atoms with Gasteiger partial charge in [-0.05, 0) is 0 Å². The minimum absolute atomic E-state index is 0. The van der Waals surface area contributed by atoms with Crippen LogP contribution in [0.4, 0.5) is 0 Å². The summed E-state index contributed by atoms with van der Waals surface area (Å²) >= 11 is 0. The molecule has 0 rings (SSSR count). The Morgan fingerprint density at radius 2 is 0.697 bits per heavy atom. The summed E-state index contributed by atoms with van der Waals surface area (Å²) < 4.78 is 8.66. The second-order valence-electron chi connectivity index (χ2n) is 5.42. The number of rotatable bonds is 10. The summed E-state index contributed by atoms with van der Waals surface area (Å²) in [6, 6.07) is 0. The predicted molar refractivity (Wildman–Crippen MR) is 84.0 cm³/mol. The van der Waals surface area contributed by atoms with Gasteiger partial charge in [-0.1, -0.05) is 0 Å². The summed E-state index contributed by atoms with van der Waals surface area (Å²) in [6.07, 6.45) is -4.58. The van der Waals surface area contributed by atoms with Crippen LogP contribution in [-0.2, 0) is 33.3 Å². The minimum Gasteiger partial charge on any atom is -0.790 e. The Morgan fingerprint density at radius 1 is 0.576 bits per heavy atom. The summed E-state index contributed by atoms with van der Waals surface area (Å²) in [5.74, 6) is -10.0. The SMILES string of the molecule is O=C(O)CC(O)(CC(=O)O)C(=O)O.O=C(O)CC(O)(CC(=O)O)C(=O)O.O=P([O-])([O-])O.[Na+].[Na+]. The summed E-state index contributed by atoms with van der Waals surface area (Å²) in [5.41, 5.74) is -5.48. The van der Waals surface area contributed by atoms with Gasteiger partial charge in [0.15, 0.2) is 11.2 Å². The molecule has 0 saturated heterocycles. The molecule has 180 valence electrons. The van der Waals surface area contributed by atoms with Crippen LogP contribution in [0.5, 0.6) is 0 Å². The number of hydrogen-bond acceptors (Lipinski definition) is 11. The van der Waals surface area contributed by atoms with Crippen LogP contribution in [0.1, 0.15) is 25.7 Å². The van der Waals surface area contributed by atoms with Crippen molar-refractivity contribution in [2.45, 2.75) is 36.9 Å². The van der Waals surface area contributed by atoms with E-state index in [0.717, 1.165) is 0 Å². The molecule has 0 bridgehead atoms. The van der Waals surface area contributed by atoms with E-state index in [0.29, 0.717) is 0 Å². The molecule has 21 heteroatoms. The van der Waals surface area contributed by atoms with E-state index in [9.17, 15) is 28.8 Å². The van der Waals surface area contributed by atoms with E-state index in [2.05, 4.69) is 0 Å². The van der Waals surface area contributed by atoms with Crippen LogP contribution in [0.2, 0.25) is 0 Å². The van der Waals surface area contributed by atoms with Crippen LogP contribution < -0.4 is 68.9 Å². The standard InChI is InChI=1S/2C6H8O7.2Na.H3O4P/c2*7-3(8)1-6(13,5(11)12)2-4(9)10;;;1-5(2,3)4/h2*13H,1-2H2,(H,7,8)(H,9,10)(H,11,12);;;(H3,1,2,3,4)/q;;2*+1;/p-2. The van der Waals surface area contributed by atoms with E-state index in [4.69, 9.17) is 60.1 Å². The first-order chi connectivity index (χ1) is 13.6. The topological polar surface area (TPSA) is 348 Å². The molecular weight excluding hydrogens is 509 g/mol. The zero-order valence-corrected chi connectivity index (χ0v) is 21.9. The molecule has 0 heterocycles. The van der Waals surface area contributed by atoms with Gasteiger partial charge in [0.1, 0.15) is 0 Å². The van der Waals surface area contributed by atoms with E-state index >= 15 is 0 Å². The van der Waals surface area contributed by atoms with Gasteiger partial charge in [0.2, 0.25) is 0 Å². The van der Waals surface area contributed by atoms with Gasteiger partial charge in [-0.2, -0.15) is 0 Å². The number of carbonyl (C=O) groups is 6. The Hall–Kier alpha value is -1.15. The molecule has 0 aliphatic rings. The minimum atomic E-state index is -5.14. The predicted octanol–water partition coefficient (Wildman–Crippen LogP) is -10.7. The summed E-state index contributed by atoms with van der Waals surface area (Å²) in [7, 11) is -5.14. The molecule has 0 aliphatic carbocycles. The van der Waals surface area contributed by atoms with E-state index < -0.39 is 80.5 Å². The molecular formula is C12H17Na2O18P. The van der Waals surface area contributed by atoms with Gasteiger partial charge in [-0.15, -0.1) is 0 Å². The number of hydrogen-bond donors (Lipinski definition) is 9. The molecule has 0 aromatic heterocycles. The summed E-state index contributed by atoms with van der Waals surface area (Å²) in [4.78, 5) is 85.3. The number of carboxylic acids is 6. The van der Waals surface area contributed by atoms with E-state index in [1.54, 1.807) is 0 Å². The molecule has 0 spiro atoms. The first-order valence-electron chi connectivity index (χ1n) is 7.09. The molecule has 0 aromatic carbocycles. The van der Waals surface area contributed by atoms with Crippen molar-refractivity contribution in [2.24, 2.45) is 0 Å². The maximum atomic E-state index is 10.3. The van der Waals surface area contributed by atoms with Gasteiger partial charge >= 0.3 is 94.9 Å². The molecule has 9 N–H and O–H groups in total. The maximum Gasteiger partial charge on any atom is 1.00 e. The van der Waals surface area contributed by atoms with Crippen molar-refractivity contribution in [2.75, 3.05) is 0 Å². The van der Waals surface area contributed by atoms with Gasteiger partial charge < -0.3 is 60.1 Å². The van der Waals surface area contributed by atoms with Gasteiger partial charge in [0.25, 0.3) is 0 Å². The van der Waals surface area contributed by atoms with Crippen molar-refractivity contribution in [1.29, 1.82) is 0 Å². The fraction of sp³-hybridized carbons (Fsp3) is 0.500. The fourth-order valence-corrected chi connectivity index (χ4v) is 1.43. The maximum absolute atomic E-state index is 10.3. The van der Waals surface area contributed by atoms with Crippen molar-refractivity contribution in [1.82, 2.24) is 0 Å². The van der Waals surface area contributed by atoms with Crippen LogP contribution in [0.25, 0.3) is 0 Å². The molecule has 0 saturated carbocycles. The molecule has 0 fully saturated rings. The zero-order chi connectivity index (χ0) is 25.8. The monoisotopic (exact) mass is 526 g/mol. The molecule has 0 amide bonds. The van der Waals surface area contributed by atoms with Crippen molar-refractivity contribution >= 4 is 43.6 Å². The third-order valence-corrected chi connectivity index (χ3v) is 2.57. The molecule has 0 unspecified atom stereocenters. The number of aliphatic hydroxyl groups is 2. The van der Waals surface area contributed by atoms with Crippen LogP contribution in [0.3, 0.4) is 0 Å². The van der Waals surface area contributed by atoms with Crippen molar-refractivity contribution in [3.63, 3.8) is 0 Å². The fourth-order valence-electron chi connectivity index (χ4n) is 1.43. The molecule has 0 atom stereocenters. The average molecular weight is 526 g/mol. The van der Waals surface area contributed by atoms with Gasteiger partial charge in [-0.3, -0.25) is 19.2 Å². The second kappa shape index (κ2) is 18.2. The smallest absolute Gasteiger partial charge is 0.790 e. The van der Waals surface area contributed by atoms with Gasteiger partial charge in [-0.25, -0.2) is 9.59 Å². The molecule has 18 nitrogen and oxygen atoms in total. The largest absolute Gasteiger partial charge is 1.00 e. The van der Waals surface area contributed by atoms with Crippen LogP contribution >= 0.6 is 7.82 Å². The van der Waals surface area contributed by atoms with Crippen molar-refractivity contribution < 1.29 is 148 Å². The molecule has 33 heavy (non-hydrogen) atoms. The van der Waals surface area contributed by atoms with Gasteiger partial charge in [0, 0.05) is 0 Å². The Bertz CT molecular complexity index is 652. The molecule has 0 aromatic rings. The third kappa shape index (κ3) is 27.0. The third-order valence-electron chi connectivity index (χ3n) is 2.57. The Morgan fingerprint density at radius 3 is 0.758 bits per heavy atom. The Kier molecular flexibility index (Phi) is 23.2. The average Bonchev–Trinajstić information content (AvgIpc) is 2.41. The second-order valence-corrected chi connectivity index (χ2v) is 6.36. The van der Waals surface area contributed by atoms with E-state index in [-0.39, 0.29) is 59.1 Å². The molecule has 0 aliphatic heterocycles. The normalized spacial score (nSPS) is 10.3. The number of carboxylic acid groups (broad SMARTS) is 6. The van der Waals surface area contributed by atoms with Crippen molar-refractivity contribution in [3.8, 4) is 0 Å². The first-order valence-corrected chi connectivity index (χ1v) is 8.59. The van der Waals surface area contributed by atoms with E-state index in [1.165, 1.54) is 0 Å². The summed E-state index contributed by atoms with van der Waals surface area (Å²) in [5, 5.41) is 67.6. The quantitative estimate of drug-likeness (QED) is 0.0941. The van der Waals surface area contributed by atoms with E-state index in [1.807, 2.05) is 0 Å². The summed E-state index contributed by atoms with van der Waals surface area (Å²) in [6.45, 7) is 0. The van der Waals surface area contributed by atoms with Crippen LogP contribution in [-0.4, -0.2) is 92.8 Å². The Balaban J connectivity index is -0.000000125. The zero-order valence-electron chi connectivity index (χ0n) is 17.0. The van der Waals surface area contributed by atoms with Gasteiger partial charge in [0.05, 0.1) is 33.5 Å². The number of aliphatic carboxylic acids is 6. The van der Waals surface area contributed by atoms with Crippen LogP contribution in [0, 0.1) is 0 Å². The molecule has 0 radical (unpaired) electrons.